The minimum Gasteiger partial charge on any atom is -0.496 e. The van der Waals surface area contributed by atoms with Gasteiger partial charge < -0.3 is 48.9 Å². The molecule has 4 rings (SSSR count). The van der Waals surface area contributed by atoms with Gasteiger partial charge in [0.25, 0.3) is 6.23 Å². The standard InChI is InChI=1S/C44H52F3N3O15.Fm/c1-25(9-11-35(54)55)8-10-31-39(59-4)26(2)32-24-63-41(57)37(32)40(31)65-42(44(45,46)47)50-43(58)64-23-29-22-33(52)36-28(6-5-7-30(36)38(29)56)12-14-49-34(53)13-16-60-18-20-62-21-19-61-17-15-48-27(3)51;/h5-8,22,42H,9-21,23-24H2,1-4H3,(H,48,51)(H,49,53)(H,50,58)(H,54,55);/b25-8+;. The molecule has 0 aromatic heterocycles. The molecule has 1 atom stereocenters. The Balaban J connectivity index is 0.0000116. The number of carboxylic acid groups (broad SMARTS) is 1. The molecule has 2 aromatic rings. The third-order valence-corrected chi connectivity index (χ3v) is 9.95. The number of ether oxygens (including phenoxy) is 7. The van der Waals surface area contributed by atoms with Crippen LogP contribution >= 0.6 is 0 Å². The van der Waals surface area contributed by atoms with E-state index < -0.39 is 54.4 Å². The van der Waals surface area contributed by atoms with Crippen molar-refractivity contribution in [3.63, 3.8) is 0 Å². The Labute approximate surface area is 372 Å². The van der Waals surface area contributed by atoms with Gasteiger partial charge >= 0.3 is 24.2 Å². The van der Waals surface area contributed by atoms with E-state index in [4.69, 9.17) is 38.3 Å². The number of halogens is 3. The first-order valence-electron chi connectivity index (χ1n) is 20.5. The molecule has 0 radical (unpaired) electrons. The van der Waals surface area contributed by atoms with Gasteiger partial charge in [-0.3, -0.25) is 29.3 Å². The zero-order valence-corrected chi connectivity index (χ0v) is 39.1. The Hall–Kier alpha value is -7.32. The van der Waals surface area contributed by atoms with E-state index in [-0.39, 0.29) is 109 Å². The van der Waals surface area contributed by atoms with Crippen molar-refractivity contribution in [3.8, 4) is 11.5 Å². The number of carboxylic acids is 1. The van der Waals surface area contributed by atoms with Gasteiger partial charge in [0.2, 0.25) is 11.8 Å². The topological polar surface area (TPSA) is 240 Å². The average molecular weight is 1180 g/mol. The number of carbonyl (C=O) groups excluding carboxylic acids is 6. The molecule has 366 valence electrons. The molecule has 1 unspecified atom stereocenters. The van der Waals surface area contributed by atoms with E-state index in [1.807, 2.05) is 0 Å². The van der Waals surface area contributed by atoms with E-state index in [0.717, 1.165) is 6.08 Å². The van der Waals surface area contributed by atoms with Crippen molar-refractivity contribution >= 4 is 41.4 Å². The number of amides is 3. The Morgan fingerprint density at radius 2 is 1.58 bits per heavy atom. The third kappa shape index (κ3) is 15.2. The molecule has 2 aromatic carbocycles. The van der Waals surface area contributed by atoms with Crippen LogP contribution in [0, 0.1) is 6.92 Å². The molecule has 22 heteroatoms. The molecule has 1 aliphatic carbocycles. The van der Waals surface area contributed by atoms with E-state index in [2.05, 4.69) is 10.6 Å². The molecule has 0 fully saturated rings. The van der Waals surface area contributed by atoms with E-state index in [1.165, 1.54) is 26.2 Å². The summed E-state index contributed by atoms with van der Waals surface area (Å²) >= 11 is 0. The normalized spacial score (nSPS) is 13.7. The number of allylic oxidation sites excluding steroid dienone is 3. The van der Waals surface area contributed by atoms with Crippen LogP contribution in [0.5, 0.6) is 11.5 Å². The van der Waals surface area contributed by atoms with Crippen LogP contribution in [-0.2, 0) is 57.5 Å². The van der Waals surface area contributed by atoms with Crippen LogP contribution in [0.3, 0.4) is 0 Å². The summed E-state index contributed by atoms with van der Waals surface area (Å²) in [7, 11) is 1.27. The number of benzene rings is 2. The molecular weight excluding hydrogens is 1120 g/mol. The summed E-state index contributed by atoms with van der Waals surface area (Å²) in [5, 5.41) is 16.0. The fraction of sp³-hybridized carbons (Fsp3) is 0.477. The van der Waals surface area contributed by atoms with Crippen molar-refractivity contribution in [1.82, 2.24) is 16.0 Å². The minimum absolute atomic E-state index is 0. The van der Waals surface area contributed by atoms with Crippen molar-refractivity contribution in [3.05, 3.63) is 80.4 Å². The van der Waals surface area contributed by atoms with Gasteiger partial charge in [0.15, 0.2) is 11.6 Å². The van der Waals surface area contributed by atoms with Crippen LogP contribution in [0.15, 0.2) is 41.5 Å². The quantitative estimate of drug-likeness (QED) is 0.0446. The van der Waals surface area contributed by atoms with Crippen molar-refractivity contribution < 1.29 is 85.0 Å². The van der Waals surface area contributed by atoms with Crippen LogP contribution in [-0.4, -0.2) is 125 Å². The molecule has 4 N–H and O–H groups in total. The van der Waals surface area contributed by atoms with E-state index >= 15 is 0 Å². The second-order valence-electron chi connectivity index (χ2n) is 14.7. The first-order valence-corrected chi connectivity index (χ1v) is 20.5. The molecule has 0 saturated heterocycles. The second-order valence-corrected chi connectivity index (χ2v) is 14.7. The van der Waals surface area contributed by atoms with E-state index in [9.17, 15) is 46.7 Å². The smallest absolute Gasteiger partial charge is 0.445 e. The molecule has 1 heterocycles. The fourth-order valence-electron chi connectivity index (χ4n) is 6.71. The Bertz CT molecular complexity index is 2180. The summed E-state index contributed by atoms with van der Waals surface area (Å²) in [4.78, 5) is 86.8. The van der Waals surface area contributed by atoms with Gasteiger partial charge in [-0.05, 0) is 50.3 Å². The number of esters is 1. The molecule has 3 amide bonds. The number of methoxy groups -OCH3 is 1. The third-order valence-electron chi connectivity index (χ3n) is 9.95. The van der Waals surface area contributed by atoms with Crippen molar-refractivity contribution in [2.75, 3.05) is 66.4 Å². The van der Waals surface area contributed by atoms with Crippen molar-refractivity contribution in [2.45, 2.75) is 71.9 Å². The number of hydrogen-bond acceptors (Lipinski definition) is 14. The van der Waals surface area contributed by atoms with Gasteiger partial charge in [0.1, 0.15) is 30.3 Å². The molecular formula is C44H52F3FmN3O15. The first kappa shape index (κ1) is 53.0. The number of cyclic esters (lactones) is 1. The number of ketones is 2. The van der Waals surface area contributed by atoms with Gasteiger partial charge in [0.05, 0.1) is 46.8 Å². The summed E-state index contributed by atoms with van der Waals surface area (Å²) < 4.78 is 80.8. The second kappa shape index (κ2) is 25.2. The van der Waals surface area contributed by atoms with E-state index in [0.29, 0.717) is 49.7 Å². The van der Waals surface area contributed by atoms with E-state index in [1.54, 1.807) is 31.3 Å². The van der Waals surface area contributed by atoms with Crippen LogP contribution in [0.2, 0.25) is 0 Å². The Morgan fingerprint density at radius 3 is 2.23 bits per heavy atom. The maximum atomic E-state index is 14.5. The van der Waals surface area contributed by atoms with Crippen LogP contribution < -0.4 is 25.4 Å². The fourth-order valence-corrected chi connectivity index (χ4v) is 6.71. The van der Waals surface area contributed by atoms with Crippen LogP contribution in [0.4, 0.5) is 18.0 Å². The summed E-state index contributed by atoms with van der Waals surface area (Å²) in [6.45, 7) is 5.70. The zero-order valence-electron chi connectivity index (χ0n) is 36.7. The van der Waals surface area contributed by atoms with Gasteiger partial charge in [-0.2, -0.15) is 13.2 Å². The van der Waals surface area contributed by atoms with Crippen molar-refractivity contribution in [1.29, 1.82) is 0 Å². The predicted octanol–water partition coefficient (Wildman–Crippen LogP) is 4.26. The van der Waals surface area contributed by atoms with Crippen LogP contribution in [0.1, 0.15) is 86.4 Å². The maximum Gasteiger partial charge on any atom is 0.445 e. The monoisotopic (exact) mass is 1180 g/mol. The number of hydrogen-bond donors (Lipinski definition) is 4. The molecule has 1 aliphatic heterocycles. The molecule has 66 heavy (non-hydrogen) atoms. The molecule has 2 aliphatic rings. The number of alkyl carbamates (subject to hydrolysis) is 1. The Morgan fingerprint density at radius 1 is 0.894 bits per heavy atom. The zero-order chi connectivity index (χ0) is 47.7. The number of aliphatic carboxylic acids is 1. The van der Waals surface area contributed by atoms with Gasteiger partial charge in [0, 0.05) is 60.7 Å². The summed E-state index contributed by atoms with van der Waals surface area (Å²) in [5.74, 6) is -4.33. The molecule has 18 nitrogen and oxygen atoms in total. The van der Waals surface area contributed by atoms with Gasteiger partial charge in [-0.25, -0.2) is 9.59 Å². The molecule has 0 spiro atoms. The van der Waals surface area contributed by atoms with Crippen molar-refractivity contribution in [2.24, 2.45) is 0 Å². The predicted molar refractivity (Wildman–Crippen MR) is 222 cm³/mol. The summed E-state index contributed by atoms with van der Waals surface area (Å²) in [6, 6.07) is 4.50. The van der Waals surface area contributed by atoms with Gasteiger partial charge in [-0.1, -0.05) is 29.8 Å². The number of fused-ring (bicyclic) bond motifs is 2. The summed E-state index contributed by atoms with van der Waals surface area (Å²) in [5.41, 5.74) is 1.04. The van der Waals surface area contributed by atoms with Gasteiger partial charge in [-0.15, -0.1) is 0 Å². The van der Waals surface area contributed by atoms with Crippen LogP contribution in [0.25, 0.3) is 0 Å². The summed E-state index contributed by atoms with van der Waals surface area (Å²) in [6.07, 6.45) is -7.59. The number of nitrogens with one attached hydrogen (secondary N) is 3. The minimum atomic E-state index is -5.29. The number of rotatable bonds is 26. The largest absolute Gasteiger partial charge is 0.496 e. The molecule has 0 saturated carbocycles. The first-order chi connectivity index (χ1) is 30.9. The molecule has 0 bridgehead atoms. The Kier molecular flexibility index (Phi) is 20.3. The maximum absolute atomic E-state index is 14.5. The average Bonchev–Trinajstić information content (AvgIpc) is 3.64. The number of alkyl halides is 3. The number of carbonyl (C=O) groups is 7. The number of Topliss-reactive ketones (excluding diaryl/α,β-unsaturated/α-hetero) is 1. The SMILES string of the molecule is COc1c(C)c2c(c(OC(NC(=O)OCC3=CC(=O)c4c(CCNC(=O)CCOCCOCCOCCNC(C)=O)cccc4C3=O)C(F)(F)F)c1C/C=C(\C)CCC(=O)O)C(=O)OC2.[Fm].